The summed E-state index contributed by atoms with van der Waals surface area (Å²) < 4.78 is 2.22. The fraction of sp³-hybridized carbons (Fsp3) is 0.133. The van der Waals surface area contributed by atoms with Crippen molar-refractivity contribution in [3.8, 4) is 10.6 Å². The third kappa shape index (κ3) is 2.26. The van der Waals surface area contributed by atoms with Crippen molar-refractivity contribution < 1.29 is 0 Å². The van der Waals surface area contributed by atoms with Gasteiger partial charge in [-0.25, -0.2) is 4.98 Å². The fourth-order valence-corrected chi connectivity index (χ4v) is 3.50. The van der Waals surface area contributed by atoms with Crippen molar-refractivity contribution >= 4 is 43.2 Å². The van der Waals surface area contributed by atoms with Crippen LogP contribution in [0.3, 0.4) is 0 Å². The van der Waals surface area contributed by atoms with E-state index in [0.29, 0.717) is 0 Å². The number of nitrogen functional groups attached to an aromatic ring is 1. The number of rotatable bonds is 1. The maximum absolute atomic E-state index is 6.19. The molecule has 19 heavy (non-hydrogen) atoms. The lowest BCUT2D eigenvalue weighted by Crippen LogP contribution is -1.94. The lowest BCUT2D eigenvalue weighted by molar-refractivity contribution is 1.37. The number of anilines is 1. The SMILES string of the molecule is Cc1cc(C)c(N)c(-c2nc3cc(Br)ccc3s2)c1. The van der Waals surface area contributed by atoms with Crippen LogP contribution in [0, 0.1) is 13.8 Å². The molecule has 0 aliphatic rings. The highest BCUT2D eigenvalue weighted by atomic mass is 79.9. The van der Waals surface area contributed by atoms with Crippen molar-refractivity contribution in [2.75, 3.05) is 5.73 Å². The summed E-state index contributed by atoms with van der Waals surface area (Å²) in [6.07, 6.45) is 0. The molecule has 96 valence electrons. The van der Waals surface area contributed by atoms with Gasteiger partial charge in [-0.3, -0.25) is 0 Å². The second kappa shape index (κ2) is 4.62. The van der Waals surface area contributed by atoms with E-state index >= 15 is 0 Å². The van der Waals surface area contributed by atoms with E-state index in [4.69, 9.17) is 10.7 Å². The highest BCUT2D eigenvalue weighted by Gasteiger charge is 2.11. The number of aryl methyl sites for hydroxylation is 2. The predicted octanol–water partition coefficient (Wildman–Crippen LogP) is 4.92. The van der Waals surface area contributed by atoms with E-state index in [1.54, 1.807) is 11.3 Å². The molecule has 3 aromatic rings. The number of hydrogen-bond donors (Lipinski definition) is 1. The lowest BCUT2D eigenvalue weighted by Gasteiger charge is -2.07. The van der Waals surface area contributed by atoms with Crippen LogP contribution in [0.4, 0.5) is 5.69 Å². The zero-order valence-corrected chi connectivity index (χ0v) is 13.1. The van der Waals surface area contributed by atoms with Gasteiger partial charge in [0.05, 0.1) is 10.2 Å². The Morgan fingerprint density at radius 3 is 2.74 bits per heavy atom. The number of fused-ring (bicyclic) bond motifs is 1. The molecule has 2 aromatic carbocycles. The first-order chi connectivity index (χ1) is 9.04. The molecule has 1 aromatic heterocycles. The van der Waals surface area contributed by atoms with E-state index in [-0.39, 0.29) is 0 Å². The molecule has 0 radical (unpaired) electrons. The van der Waals surface area contributed by atoms with Gasteiger partial charge in [-0.1, -0.05) is 27.6 Å². The molecule has 4 heteroatoms. The molecule has 0 atom stereocenters. The van der Waals surface area contributed by atoms with E-state index in [9.17, 15) is 0 Å². The zero-order chi connectivity index (χ0) is 13.6. The predicted molar refractivity (Wildman–Crippen MR) is 86.6 cm³/mol. The average molecular weight is 333 g/mol. The van der Waals surface area contributed by atoms with Gasteiger partial charge in [-0.15, -0.1) is 11.3 Å². The summed E-state index contributed by atoms with van der Waals surface area (Å²) in [5, 5.41) is 0.984. The van der Waals surface area contributed by atoms with Crippen LogP contribution in [-0.2, 0) is 0 Å². The Balaban J connectivity index is 2.24. The van der Waals surface area contributed by atoms with Gasteiger partial charge in [0, 0.05) is 15.7 Å². The maximum Gasteiger partial charge on any atom is 0.126 e. The maximum atomic E-state index is 6.19. The van der Waals surface area contributed by atoms with E-state index in [1.807, 2.05) is 19.1 Å². The van der Waals surface area contributed by atoms with Gasteiger partial charge in [0.15, 0.2) is 0 Å². The minimum absolute atomic E-state index is 0.823. The minimum atomic E-state index is 0.823. The van der Waals surface area contributed by atoms with Crippen LogP contribution in [-0.4, -0.2) is 4.98 Å². The molecule has 3 rings (SSSR count). The third-order valence-electron chi connectivity index (χ3n) is 3.11. The largest absolute Gasteiger partial charge is 0.398 e. The molecule has 1 heterocycles. The summed E-state index contributed by atoms with van der Waals surface area (Å²) in [5.41, 5.74) is 11.4. The van der Waals surface area contributed by atoms with Crippen LogP contribution in [0.5, 0.6) is 0 Å². The van der Waals surface area contributed by atoms with Gasteiger partial charge in [-0.05, 0) is 43.7 Å². The summed E-state index contributed by atoms with van der Waals surface area (Å²) in [5.74, 6) is 0. The summed E-state index contributed by atoms with van der Waals surface area (Å²) in [4.78, 5) is 4.70. The number of aromatic nitrogens is 1. The number of thiazole rings is 1. The summed E-state index contributed by atoms with van der Waals surface area (Å²) in [6, 6.07) is 10.4. The van der Waals surface area contributed by atoms with Crippen molar-refractivity contribution in [2.45, 2.75) is 13.8 Å². The Kier molecular flexibility index (Phi) is 3.07. The third-order valence-corrected chi connectivity index (χ3v) is 4.67. The van der Waals surface area contributed by atoms with Crippen molar-refractivity contribution in [1.29, 1.82) is 0 Å². The molecular weight excluding hydrogens is 320 g/mol. The highest BCUT2D eigenvalue weighted by molar-refractivity contribution is 9.10. The molecule has 0 aliphatic heterocycles. The van der Waals surface area contributed by atoms with E-state index in [0.717, 1.165) is 31.8 Å². The van der Waals surface area contributed by atoms with Crippen molar-refractivity contribution in [2.24, 2.45) is 0 Å². The first kappa shape index (κ1) is 12.6. The zero-order valence-electron chi connectivity index (χ0n) is 10.7. The van der Waals surface area contributed by atoms with Crippen LogP contribution in [0.15, 0.2) is 34.8 Å². The molecule has 0 saturated carbocycles. The summed E-state index contributed by atoms with van der Waals surface area (Å²) in [6.45, 7) is 4.12. The molecule has 0 spiro atoms. The quantitative estimate of drug-likeness (QED) is 0.642. The second-order valence-electron chi connectivity index (χ2n) is 4.67. The van der Waals surface area contributed by atoms with Crippen molar-refractivity contribution in [3.05, 3.63) is 45.9 Å². The molecule has 0 fully saturated rings. The van der Waals surface area contributed by atoms with Gasteiger partial charge >= 0.3 is 0 Å². The number of hydrogen-bond acceptors (Lipinski definition) is 3. The van der Waals surface area contributed by atoms with Crippen LogP contribution < -0.4 is 5.73 Å². The molecule has 0 amide bonds. The van der Waals surface area contributed by atoms with Crippen molar-refractivity contribution in [1.82, 2.24) is 4.98 Å². The number of benzene rings is 2. The Labute approximate surface area is 124 Å². The molecule has 0 aliphatic carbocycles. The smallest absolute Gasteiger partial charge is 0.126 e. The van der Waals surface area contributed by atoms with E-state index < -0.39 is 0 Å². The van der Waals surface area contributed by atoms with Crippen LogP contribution in [0.1, 0.15) is 11.1 Å². The molecule has 0 bridgehead atoms. The summed E-state index contributed by atoms with van der Waals surface area (Å²) >= 11 is 5.15. The van der Waals surface area contributed by atoms with Crippen LogP contribution in [0.2, 0.25) is 0 Å². The first-order valence-corrected chi connectivity index (χ1v) is 7.59. The lowest BCUT2D eigenvalue weighted by atomic mass is 10.1. The minimum Gasteiger partial charge on any atom is -0.398 e. The number of nitrogens with zero attached hydrogens (tertiary/aromatic N) is 1. The summed E-state index contributed by atoms with van der Waals surface area (Å²) in [7, 11) is 0. The number of nitrogens with two attached hydrogens (primary N) is 1. The van der Waals surface area contributed by atoms with Crippen LogP contribution >= 0.6 is 27.3 Å². The monoisotopic (exact) mass is 332 g/mol. The van der Waals surface area contributed by atoms with Gasteiger partial charge in [0.2, 0.25) is 0 Å². The molecule has 2 N–H and O–H groups in total. The Morgan fingerprint density at radius 2 is 1.95 bits per heavy atom. The second-order valence-corrected chi connectivity index (χ2v) is 6.62. The highest BCUT2D eigenvalue weighted by Crippen LogP contribution is 2.36. The Morgan fingerprint density at radius 1 is 1.16 bits per heavy atom. The van der Waals surface area contributed by atoms with Gasteiger partial charge < -0.3 is 5.73 Å². The van der Waals surface area contributed by atoms with Gasteiger partial charge in [0.1, 0.15) is 5.01 Å². The number of halogens is 1. The molecule has 2 nitrogen and oxygen atoms in total. The standard InChI is InChI=1S/C15H13BrN2S/c1-8-5-9(2)14(17)11(6-8)15-18-12-7-10(16)3-4-13(12)19-15/h3-7H,17H2,1-2H3. The Bertz CT molecular complexity index is 777. The Hall–Kier alpha value is -1.39. The van der Waals surface area contributed by atoms with Gasteiger partial charge in [0.25, 0.3) is 0 Å². The molecular formula is C15H13BrN2S. The van der Waals surface area contributed by atoms with Gasteiger partial charge in [-0.2, -0.15) is 0 Å². The normalized spacial score (nSPS) is 11.1. The molecule has 0 saturated heterocycles. The van der Waals surface area contributed by atoms with Crippen LogP contribution in [0.25, 0.3) is 20.8 Å². The van der Waals surface area contributed by atoms with E-state index in [2.05, 4.69) is 41.1 Å². The average Bonchev–Trinajstić information content (AvgIpc) is 2.76. The topological polar surface area (TPSA) is 38.9 Å². The fourth-order valence-electron chi connectivity index (χ4n) is 2.17. The first-order valence-electron chi connectivity index (χ1n) is 5.98. The van der Waals surface area contributed by atoms with E-state index in [1.165, 1.54) is 10.3 Å². The van der Waals surface area contributed by atoms with Crippen molar-refractivity contribution in [3.63, 3.8) is 0 Å². The molecule has 0 unspecified atom stereocenters.